The van der Waals surface area contributed by atoms with Gasteiger partial charge in [0.25, 0.3) is 0 Å². The van der Waals surface area contributed by atoms with Crippen LogP contribution in [-0.4, -0.2) is 50.9 Å². The molecule has 98 valence electrons. The quantitative estimate of drug-likeness (QED) is 0.438. The van der Waals surface area contributed by atoms with Gasteiger partial charge >= 0.3 is 0 Å². The van der Waals surface area contributed by atoms with E-state index in [0.717, 1.165) is 0 Å². The highest BCUT2D eigenvalue weighted by Gasteiger charge is 2.08. The monoisotopic (exact) mass is 242 g/mol. The lowest BCUT2D eigenvalue weighted by atomic mass is 10.3. The predicted octanol–water partition coefficient (Wildman–Crippen LogP) is 1.32. The Balaban J connectivity index is 3.72. The molecule has 0 spiro atoms. The number of methoxy groups -OCH3 is 1. The zero-order chi connectivity index (χ0) is 12.9. The molecule has 0 radical (unpaired) electrons. The molecule has 0 saturated carbocycles. The minimum absolute atomic E-state index is 0.0274. The van der Waals surface area contributed by atoms with Gasteiger partial charge in [-0.2, -0.15) is 0 Å². The van der Waals surface area contributed by atoms with Crippen LogP contribution < -0.4 is 0 Å². The first kappa shape index (κ1) is 16.1. The molecule has 0 rings (SSSR count). The summed E-state index contributed by atoms with van der Waals surface area (Å²) in [6.07, 6.45) is 6.46. The predicted molar refractivity (Wildman–Crippen MR) is 68.0 cm³/mol. The Kier molecular flexibility index (Phi) is 10.9. The van der Waals surface area contributed by atoms with E-state index in [4.69, 9.17) is 19.3 Å². The zero-order valence-electron chi connectivity index (χ0n) is 10.4. The first-order valence-corrected chi connectivity index (χ1v) is 5.51. The van der Waals surface area contributed by atoms with Gasteiger partial charge in [-0.1, -0.05) is 24.3 Å². The maximum Gasteiger partial charge on any atom is 0.0988 e. The normalized spacial score (nSPS) is 14.7. The molecule has 0 aromatic carbocycles. The van der Waals surface area contributed by atoms with Crippen LogP contribution >= 0.6 is 0 Å². The van der Waals surface area contributed by atoms with E-state index in [1.54, 1.807) is 31.4 Å². The molecule has 2 atom stereocenters. The molecule has 17 heavy (non-hydrogen) atoms. The van der Waals surface area contributed by atoms with Crippen molar-refractivity contribution in [2.75, 3.05) is 33.5 Å². The van der Waals surface area contributed by atoms with Gasteiger partial charge in [-0.25, -0.2) is 0 Å². The van der Waals surface area contributed by atoms with Crippen molar-refractivity contribution >= 4 is 0 Å². The van der Waals surface area contributed by atoms with Crippen molar-refractivity contribution in [3.05, 3.63) is 37.5 Å². The number of rotatable bonds is 11. The number of ether oxygens (including phenoxy) is 3. The Morgan fingerprint density at radius 1 is 1.12 bits per heavy atom. The summed E-state index contributed by atoms with van der Waals surface area (Å²) < 4.78 is 16.0. The summed E-state index contributed by atoms with van der Waals surface area (Å²) in [7, 11) is 1.61. The smallest absolute Gasteiger partial charge is 0.0988 e. The molecule has 2 unspecified atom stereocenters. The highest BCUT2D eigenvalue weighted by molar-refractivity contribution is 4.85. The van der Waals surface area contributed by atoms with Gasteiger partial charge in [0.05, 0.1) is 38.6 Å². The molecule has 0 amide bonds. The van der Waals surface area contributed by atoms with Crippen molar-refractivity contribution in [3.63, 3.8) is 0 Å². The highest BCUT2D eigenvalue weighted by atomic mass is 16.6. The first-order valence-electron chi connectivity index (χ1n) is 5.51. The molecule has 0 heterocycles. The fourth-order valence-corrected chi connectivity index (χ4v) is 1.03. The Labute approximate surface area is 103 Å². The maximum absolute atomic E-state index is 8.51. The number of hydrogen-bond donors (Lipinski definition) is 1. The van der Waals surface area contributed by atoms with Crippen molar-refractivity contribution in [2.45, 2.75) is 12.2 Å². The third kappa shape index (κ3) is 8.83. The standard InChI is InChI=1S/C13H22O4/c1-4-12(15-3)11-17-13(5-2)10-16-9-7-6-8-14/h4-7,12-14H,1-2,8-11H2,3H3/b7-6+. The van der Waals surface area contributed by atoms with E-state index >= 15 is 0 Å². The van der Waals surface area contributed by atoms with Crippen LogP contribution in [0.25, 0.3) is 0 Å². The van der Waals surface area contributed by atoms with E-state index < -0.39 is 0 Å². The number of hydrogen-bond acceptors (Lipinski definition) is 4. The van der Waals surface area contributed by atoms with Gasteiger partial charge in [-0.3, -0.25) is 0 Å². The first-order chi connectivity index (χ1) is 8.28. The van der Waals surface area contributed by atoms with E-state index in [9.17, 15) is 0 Å². The topological polar surface area (TPSA) is 47.9 Å². The maximum atomic E-state index is 8.51. The molecule has 0 aliphatic rings. The van der Waals surface area contributed by atoms with Crippen molar-refractivity contribution in [2.24, 2.45) is 0 Å². The Bertz CT molecular complexity index is 225. The molecule has 0 fully saturated rings. The van der Waals surface area contributed by atoms with Crippen molar-refractivity contribution in [1.29, 1.82) is 0 Å². The third-order valence-corrected chi connectivity index (χ3v) is 2.07. The average Bonchev–Trinajstić information content (AvgIpc) is 2.37. The summed E-state index contributed by atoms with van der Waals surface area (Å²) in [6.45, 7) is 8.63. The fraction of sp³-hybridized carbons (Fsp3) is 0.538. The van der Waals surface area contributed by atoms with Gasteiger partial charge in [0, 0.05) is 7.11 Å². The summed E-state index contributed by atoms with van der Waals surface area (Å²) in [5.41, 5.74) is 0. The molecule has 1 N–H and O–H groups in total. The molecule has 0 aromatic heterocycles. The molecule has 0 aliphatic heterocycles. The van der Waals surface area contributed by atoms with Crippen molar-refractivity contribution in [1.82, 2.24) is 0 Å². The van der Waals surface area contributed by atoms with Crippen LogP contribution in [0, 0.1) is 0 Å². The zero-order valence-corrected chi connectivity index (χ0v) is 10.4. The van der Waals surface area contributed by atoms with Crippen LogP contribution in [-0.2, 0) is 14.2 Å². The second-order valence-electron chi connectivity index (χ2n) is 3.31. The molecule has 0 aliphatic carbocycles. The fourth-order valence-electron chi connectivity index (χ4n) is 1.03. The van der Waals surface area contributed by atoms with Gasteiger partial charge in [0.1, 0.15) is 0 Å². The molecular weight excluding hydrogens is 220 g/mol. The second-order valence-corrected chi connectivity index (χ2v) is 3.31. The van der Waals surface area contributed by atoms with Gasteiger partial charge in [-0.15, -0.1) is 13.2 Å². The molecule has 0 bridgehead atoms. The summed E-state index contributed by atoms with van der Waals surface area (Å²) in [4.78, 5) is 0. The summed E-state index contributed by atoms with van der Waals surface area (Å²) in [6, 6.07) is 0. The van der Waals surface area contributed by atoms with E-state index in [2.05, 4.69) is 13.2 Å². The van der Waals surface area contributed by atoms with Crippen molar-refractivity contribution in [3.8, 4) is 0 Å². The lowest BCUT2D eigenvalue weighted by molar-refractivity contribution is -0.0233. The third-order valence-electron chi connectivity index (χ3n) is 2.07. The lowest BCUT2D eigenvalue weighted by Crippen LogP contribution is -2.24. The van der Waals surface area contributed by atoms with E-state index in [1.807, 2.05) is 0 Å². The lowest BCUT2D eigenvalue weighted by Gasteiger charge is -2.17. The highest BCUT2D eigenvalue weighted by Crippen LogP contribution is 2.00. The van der Waals surface area contributed by atoms with Gasteiger partial charge in [-0.05, 0) is 0 Å². The molecule has 0 saturated heterocycles. The Morgan fingerprint density at radius 3 is 2.35 bits per heavy atom. The van der Waals surface area contributed by atoms with Gasteiger partial charge < -0.3 is 19.3 Å². The van der Waals surface area contributed by atoms with E-state index in [1.165, 1.54) is 0 Å². The molecule has 0 aromatic rings. The second kappa shape index (κ2) is 11.5. The van der Waals surface area contributed by atoms with E-state index in [-0.39, 0.29) is 18.8 Å². The summed E-state index contributed by atoms with van der Waals surface area (Å²) >= 11 is 0. The van der Waals surface area contributed by atoms with Crippen LogP contribution in [0.4, 0.5) is 0 Å². The van der Waals surface area contributed by atoms with Crippen LogP contribution in [0.5, 0.6) is 0 Å². The minimum Gasteiger partial charge on any atom is -0.392 e. The van der Waals surface area contributed by atoms with Gasteiger partial charge in [0.15, 0.2) is 0 Å². The SMILES string of the molecule is C=CC(COC(C=C)COC/C=C/CO)OC. The van der Waals surface area contributed by atoms with Crippen LogP contribution in [0.15, 0.2) is 37.5 Å². The molecular formula is C13H22O4. The van der Waals surface area contributed by atoms with Crippen LogP contribution in [0.3, 0.4) is 0 Å². The Morgan fingerprint density at radius 2 is 1.82 bits per heavy atom. The van der Waals surface area contributed by atoms with Crippen LogP contribution in [0.2, 0.25) is 0 Å². The molecule has 4 nitrogen and oxygen atoms in total. The summed E-state index contributed by atoms with van der Waals surface area (Å²) in [5, 5.41) is 8.51. The number of aliphatic hydroxyl groups is 1. The van der Waals surface area contributed by atoms with Crippen molar-refractivity contribution < 1.29 is 19.3 Å². The van der Waals surface area contributed by atoms with Crippen LogP contribution in [0.1, 0.15) is 0 Å². The largest absolute Gasteiger partial charge is 0.392 e. The number of aliphatic hydroxyl groups excluding tert-OH is 1. The van der Waals surface area contributed by atoms with E-state index in [0.29, 0.717) is 19.8 Å². The minimum atomic E-state index is -0.171. The van der Waals surface area contributed by atoms with Gasteiger partial charge in [0.2, 0.25) is 0 Å². The summed E-state index contributed by atoms with van der Waals surface area (Å²) in [5.74, 6) is 0. The molecule has 4 heteroatoms. The average molecular weight is 242 g/mol. The Hall–Kier alpha value is -0.940.